The second-order valence-corrected chi connectivity index (χ2v) is 12.6. The fourth-order valence-corrected chi connectivity index (χ4v) is 6.77. The molecule has 0 spiro atoms. The molecule has 0 aromatic rings. The number of carbonyl (C=O) groups is 1. The van der Waals surface area contributed by atoms with Gasteiger partial charge in [0.25, 0.3) is 0 Å². The van der Waals surface area contributed by atoms with E-state index in [1.165, 1.54) is 51.5 Å². The molecule has 0 radical (unpaired) electrons. The molecule has 0 aromatic carbocycles. The summed E-state index contributed by atoms with van der Waals surface area (Å²) in [5.74, 6) is 3.48. The van der Waals surface area contributed by atoms with Gasteiger partial charge in [0, 0.05) is 30.4 Å². The van der Waals surface area contributed by atoms with E-state index in [1.54, 1.807) is 0 Å². The molecule has 0 bridgehead atoms. The standard InChI is InChI=1S/C26H47ClN2O/c1-18(2)24(28-25(30)21-8-6-19(3)7-9-21)16-29-15-14-23(26(4,5)17-29)20-10-12-22(27)13-11-20/h18-24H,6-17H2,1-5H3,(H,28,30)/t19?,20?,21?,22?,23-,24+/m1/s1. The molecule has 3 nitrogen and oxygen atoms in total. The summed E-state index contributed by atoms with van der Waals surface area (Å²) in [5, 5.41) is 3.87. The fourth-order valence-electron chi connectivity index (χ4n) is 6.52. The van der Waals surface area contributed by atoms with Crippen LogP contribution in [0.1, 0.15) is 92.4 Å². The van der Waals surface area contributed by atoms with E-state index in [1.807, 2.05) is 0 Å². The third-order valence-electron chi connectivity index (χ3n) is 8.64. The third-order valence-corrected chi connectivity index (χ3v) is 9.07. The van der Waals surface area contributed by atoms with Crippen molar-refractivity contribution in [2.24, 2.45) is 35.0 Å². The molecule has 1 aliphatic heterocycles. The van der Waals surface area contributed by atoms with Crippen molar-refractivity contribution < 1.29 is 4.79 Å². The highest BCUT2D eigenvalue weighted by atomic mass is 35.5. The van der Waals surface area contributed by atoms with Gasteiger partial charge in [0.1, 0.15) is 0 Å². The van der Waals surface area contributed by atoms with Crippen molar-refractivity contribution in [1.82, 2.24) is 10.2 Å². The molecule has 0 aromatic heterocycles. The van der Waals surface area contributed by atoms with Crippen molar-refractivity contribution in [2.45, 2.75) is 104 Å². The summed E-state index contributed by atoms with van der Waals surface area (Å²) in [4.78, 5) is 15.6. The van der Waals surface area contributed by atoms with Crippen molar-refractivity contribution >= 4 is 17.5 Å². The number of amides is 1. The molecule has 0 unspecified atom stereocenters. The van der Waals surface area contributed by atoms with Crippen LogP contribution in [0.25, 0.3) is 0 Å². The van der Waals surface area contributed by atoms with E-state index in [0.717, 1.165) is 43.7 Å². The summed E-state index contributed by atoms with van der Waals surface area (Å²) in [7, 11) is 0. The molecular formula is C26H47ClN2O. The Hall–Kier alpha value is -0.280. The zero-order chi connectivity index (χ0) is 21.9. The molecule has 2 saturated carbocycles. The van der Waals surface area contributed by atoms with Crippen LogP contribution in [0, 0.1) is 35.0 Å². The predicted octanol–water partition coefficient (Wildman–Crippen LogP) is 6.10. The number of halogens is 1. The lowest BCUT2D eigenvalue weighted by atomic mass is 9.64. The van der Waals surface area contributed by atoms with Crippen LogP contribution in [0.15, 0.2) is 0 Å². The molecule has 2 aliphatic carbocycles. The Morgan fingerprint density at radius 1 is 1.03 bits per heavy atom. The maximum Gasteiger partial charge on any atom is 0.223 e. The number of hydrogen-bond donors (Lipinski definition) is 1. The Balaban J connectivity index is 1.53. The van der Waals surface area contributed by atoms with Crippen LogP contribution in [-0.4, -0.2) is 41.9 Å². The highest BCUT2D eigenvalue weighted by Crippen LogP contribution is 2.45. The monoisotopic (exact) mass is 438 g/mol. The first-order chi connectivity index (χ1) is 14.2. The van der Waals surface area contributed by atoms with Crippen LogP contribution < -0.4 is 5.32 Å². The first-order valence-corrected chi connectivity index (χ1v) is 13.3. The van der Waals surface area contributed by atoms with Crippen molar-refractivity contribution in [3.8, 4) is 0 Å². The van der Waals surface area contributed by atoms with Crippen molar-refractivity contribution in [3.63, 3.8) is 0 Å². The SMILES string of the molecule is CC1CCC(C(=O)N[C@@H](CN2CC[C@H](C3CCC(Cl)CC3)C(C)(C)C2)C(C)C)CC1. The van der Waals surface area contributed by atoms with E-state index in [4.69, 9.17) is 11.6 Å². The average molecular weight is 439 g/mol. The molecule has 1 N–H and O–H groups in total. The minimum absolute atomic E-state index is 0.238. The van der Waals surface area contributed by atoms with E-state index in [9.17, 15) is 4.79 Å². The van der Waals surface area contributed by atoms with Crippen molar-refractivity contribution in [2.75, 3.05) is 19.6 Å². The Morgan fingerprint density at radius 2 is 1.67 bits per heavy atom. The number of likely N-dealkylation sites (tertiary alicyclic amines) is 1. The van der Waals surface area contributed by atoms with Gasteiger partial charge in [-0.05, 0) is 93.4 Å². The molecule has 3 fully saturated rings. The second kappa shape index (κ2) is 10.6. The van der Waals surface area contributed by atoms with Crippen LogP contribution in [0.3, 0.4) is 0 Å². The number of alkyl halides is 1. The molecule has 4 heteroatoms. The van der Waals surface area contributed by atoms with Gasteiger partial charge in [-0.2, -0.15) is 0 Å². The Kier molecular flexibility index (Phi) is 8.57. The van der Waals surface area contributed by atoms with Crippen LogP contribution in [0.2, 0.25) is 0 Å². The summed E-state index contributed by atoms with van der Waals surface area (Å²) in [6.07, 6.45) is 10.9. The van der Waals surface area contributed by atoms with Gasteiger partial charge in [-0.1, -0.05) is 34.6 Å². The van der Waals surface area contributed by atoms with E-state index in [-0.39, 0.29) is 12.0 Å². The highest BCUT2D eigenvalue weighted by Gasteiger charge is 2.41. The molecule has 3 aliphatic rings. The molecule has 1 saturated heterocycles. The number of nitrogens with one attached hydrogen (secondary N) is 1. The Morgan fingerprint density at radius 3 is 2.23 bits per heavy atom. The Bertz CT molecular complexity index is 547. The van der Waals surface area contributed by atoms with Gasteiger partial charge in [0.15, 0.2) is 0 Å². The fraction of sp³-hybridized carbons (Fsp3) is 0.962. The predicted molar refractivity (Wildman–Crippen MR) is 128 cm³/mol. The van der Waals surface area contributed by atoms with E-state index < -0.39 is 0 Å². The third kappa shape index (κ3) is 6.37. The van der Waals surface area contributed by atoms with E-state index in [0.29, 0.717) is 22.6 Å². The number of piperidine rings is 1. The smallest absolute Gasteiger partial charge is 0.223 e. The second-order valence-electron chi connectivity index (χ2n) is 11.9. The Labute approximate surface area is 191 Å². The van der Waals surface area contributed by atoms with Crippen molar-refractivity contribution in [3.05, 3.63) is 0 Å². The molecule has 174 valence electrons. The van der Waals surface area contributed by atoms with Gasteiger partial charge in [-0.3, -0.25) is 4.79 Å². The number of rotatable bonds is 6. The largest absolute Gasteiger partial charge is 0.352 e. The minimum atomic E-state index is 0.238. The summed E-state index contributed by atoms with van der Waals surface area (Å²) >= 11 is 6.36. The lowest BCUT2D eigenvalue weighted by molar-refractivity contribution is -0.127. The first kappa shape index (κ1) is 24.4. The molecule has 30 heavy (non-hydrogen) atoms. The summed E-state index contributed by atoms with van der Waals surface area (Å²) in [6, 6.07) is 0.260. The molecule has 1 heterocycles. The normalized spacial score (nSPS) is 36.4. The van der Waals surface area contributed by atoms with Gasteiger partial charge in [-0.25, -0.2) is 0 Å². The number of carbonyl (C=O) groups excluding carboxylic acids is 1. The molecule has 2 atom stereocenters. The van der Waals surface area contributed by atoms with Gasteiger partial charge >= 0.3 is 0 Å². The lowest BCUT2D eigenvalue weighted by Gasteiger charge is -2.49. The summed E-state index contributed by atoms with van der Waals surface area (Å²) in [5.41, 5.74) is 0.340. The average Bonchev–Trinajstić information content (AvgIpc) is 2.68. The van der Waals surface area contributed by atoms with Crippen LogP contribution in [-0.2, 0) is 4.79 Å². The van der Waals surface area contributed by atoms with Crippen LogP contribution in [0.5, 0.6) is 0 Å². The van der Waals surface area contributed by atoms with Gasteiger partial charge in [-0.15, -0.1) is 11.6 Å². The molecule has 3 rings (SSSR count). The molecule has 1 amide bonds. The minimum Gasteiger partial charge on any atom is -0.352 e. The quantitative estimate of drug-likeness (QED) is 0.508. The maximum absolute atomic E-state index is 12.9. The van der Waals surface area contributed by atoms with Crippen molar-refractivity contribution in [1.29, 1.82) is 0 Å². The lowest BCUT2D eigenvalue weighted by Crippen LogP contribution is -2.54. The number of hydrogen-bond acceptors (Lipinski definition) is 2. The van der Waals surface area contributed by atoms with E-state index in [2.05, 4.69) is 44.8 Å². The zero-order valence-electron chi connectivity index (χ0n) is 20.3. The van der Waals surface area contributed by atoms with Gasteiger partial charge < -0.3 is 10.2 Å². The molecular weight excluding hydrogens is 392 g/mol. The first-order valence-electron chi connectivity index (χ1n) is 12.8. The summed E-state index contributed by atoms with van der Waals surface area (Å²) in [6.45, 7) is 15.1. The maximum atomic E-state index is 12.9. The summed E-state index contributed by atoms with van der Waals surface area (Å²) < 4.78 is 0. The van der Waals surface area contributed by atoms with E-state index >= 15 is 0 Å². The van der Waals surface area contributed by atoms with Crippen LogP contribution >= 0.6 is 11.6 Å². The zero-order valence-corrected chi connectivity index (χ0v) is 21.0. The highest BCUT2D eigenvalue weighted by molar-refractivity contribution is 6.20. The van der Waals surface area contributed by atoms with Gasteiger partial charge in [0.2, 0.25) is 5.91 Å². The topological polar surface area (TPSA) is 32.3 Å². The van der Waals surface area contributed by atoms with Gasteiger partial charge in [0.05, 0.1) is 0 Å². The van der Waals surface area contributed by atoms with Crippen LogP contribution in [0.4, 0.5) is 0 Å². The number of nitrogens with zero attached hydrogens (tertiary/aromatic N) is 1.